The second-order valence-electron chi connectivity index (χ2n) is 8.01. The van der Waals surface area contributed by atoms with Crippen molar-refractivity contribution < 1.29 is 26.4 Å². The van der Waals surface area contributed by atoms with Crippen molar-refractivity contribution in [2.45, 2.75) is 30.2 Å². The third-order valence-electron chi connectivity index (χ3n) is 5.64. The lowest BCUT2D eigenvalue weighted by Gasteiger charge is -2.27. The molecule has 1 aliphatic rings. The van der Waals surface area contributed by atoms with E-state index >= 15 is 0 Å². The van der Waals surface area contributed by atoms with Gasteiger partial charge in [0.25, 0.3) is 5.91 Å². The zero-order valence-electron chi connectivity index (χ0n) is 19.2. The number of rotatable bonds is 7. The van der Waals surface area contributed by atoms with E-state index < -0.39 is 26.0 Å². The fourth-order valence-electron chi connectivity index (χ4n) is 3.53. The first kappa shape index (κ1) is 25.3. The summed E-state index contributed by atoms with van der Waals surface area (Å²) >= 11 is 0. The zero-order chi connectivity index (χ0) is 24.4. The third-order valence-corrected chi connectivity index (χ3v) is 9.58. The van der Waals surface area contributed by atoms with Crippen LogP contribution in [0.3, 0.4) is 0 Å². The number of carbonyl (C=O) groups is 1. The minimum absolute atomic E-state index is 0.0265. The smallest absolute Gasteiger partial charge is 0.251 e. The molecule has 180 valence electrons. The van der Waals surface area contributed by atoms with Gasteiger partial charge in [-0.05, 0) is 48.7 Å². The van der Waals surface area contributed by atoms with Crippen LogP contribution >= 0.6 is 0 Å². The van der Waals surface area contributed by atoms with Gasteiger partial charge >= 0.3 is 0 Å². The highest BCUT2D eigenvalue weighted by Crippen LogP contribution is 2.24. The van der Waals surface area contributed by atoms with Crippen molar-refractivity contribution in [3.05, 3.63) is 58.7 Å². The van der Waals surface area contributed by atoms with Crippen molar-refractivity contribution in [1.29, 1.82) is 0 Å². The first-order chi connectivity index (χ1) is 15.5. The average Bonchev–Trinajstić information content (AvgIpc) is 2.79. The molecule has 0 radical (unpaired) electrons. The number of aryl methyl sites for hydroxylation is 1. The molecule has 0 atom stereocenters. The van der Waals surface area contributed by atoms with Gasteiger partial charge in [0.2, 0.25) is 20.0 Å². The molecule has 2 aromatic carbocycles. The van der Waals surface area contributed by atoms with Gasteiger partial charge in [-0.1, -0.05) is 18.2 Å². The van der Waals surface area contributed by atoms with E-state index in [1.54, 1.807) is 38.1 Å². The van der Waals surface area contributed by atoms with Crippen LogP contribution in [0.15, 0.2) is 46.2 Å². The van der Waals surface area contributed by atoms with Gasteiger partial charge in [-0.25, -0.2) is 21.1 Å². The van der Waals surface area contributed by atoms with Crippen LogP contribution in [0.2, 0.25) is 0 Å². The van der Waals surface area contributed by atoms with Crippen molar-refractivity contribution >= 4 is 26.0 Å². The maximum absolute atomic E-state index is 13.1. The number of hydrogen-bond donors (Lipinski definition) is 1. The van der Waals surface area contributed by atoms with Gasteiger partial charge in [-0.2, -0.15) is 4.31 Å². The van der Waals surface area contributed by atoms with Gasteiger partial charge in [0, 0.05) is 39.3 Å². The Balaban J connectivity index is 1.86. The minimum atomic E-state index is -3.74. The summed E-state index contributed by atoms with van der Waals surface area (Å²) in [6.45, 7) is 4.63. The Labute approximate surface area is 195 Å². The number of benzene rings is 2. The first-order valence-corrected chi connectivity index (χ1v) is 13.3. The van der Waals surface area contributed by atoms with Crippen molar-refractivity contribution in [2.24, 2.45) is 0 Å². The van der Waals surface area contributed by atoms with Gasteiger partial charge in [-0.3, -0.25) is 4.79 Å². The van der Waals surface area contributed by atoms with Crippen LogP contribution < -0.4 is 5.32 Å². The third kappa shape index (κ3) is 5.28. The van der Waals surface area contributed by atoms with E-state index in [1.807, 2.05) is 0 Å². The summed E-state index contributed by atoms with van der Waals surface area (Å²) in [6.07, 6.45) is 0. The topological polar surface area (TPSA) is 113 Å². The largest absolute Gasteiger partial charge is 0.379 e. The second kappa shape index (κ2) is 9.90. The number of morpholine rings is 1. The molecule has 33 heavy (non-hydrogen) atoms. The highest BCUT2D eigenvalue weighted by molar-refractivity contribution is 7.89. The molecule has 0 bridgehead atoms. The van der Waals surface area contributed by atoms with Crippen LogP contribution in [0.4, 0.5) is 0 Å². The van der Waals surface area contributed by atoms with Crippen LogP contribution in [-0.2, 0) is 31.3 Å². The highest BCUT2D eigenvalue weighted by atomic mass is 32.2. The molecule has 0 unspecified atom stereocenters. The maximum atomic E-state index is 13.1. The van der Waals surface area contributed by atoms with Crippen LogP contribution in [-0.4, -0.2) is 71.8 Å². The normalized spacial score (nSPS) is 15.5. The van der Waals surface area contributed by atoms with E-state index in [2.05, 4.69) is 5.32 Å². The minimum Gasteiger partial charge on any atom is -0.379 e. The molecule has 9 nitrogen and oxygen atoms in total. The SMILES string of the molecule is Cc1cc(C(=O)NCc2ccccc2S(=O)(=O)N2CCOCC2)cc(S(=O)(=O)N(C)C)c1C. The summed E-state index contributed by atoms with van der Waals surface area (Å²) in [5.41, 5.74) is 1.87. The second-order valence-corrected chi connectivity index (χ2v) is 12.0. The van der Waals surface area contributed by atoms with Crippen molar-refractivity contribution in [1.82, 2.24) is 13.9 Å². The summed E-state index contributed by atoms with van der Waals surface area (Å²) in [5.74, 6) is -0.494. The Morgan fingerprint density at radius 2 is 1.67 bits per heavy atom. The molecule has 2 aromatic rings. The predicted molar refractivity (Wildman–Crippen MR) is 124 cm³/mol. The Kier molecular flexibility index (Phi) is 7.59. The van der Waals surface area contributed by atoms with E-state index in [0.717, 1.165) is 4.31 Å². The Morgan fingerprint density at radius 3 is 2.30 bits per heavy atom. The van der Waals surface area contributed by atoms with Crippen LogP contribution in [0.5, 0.6) is 0 Å². The molecule has 0 aromatic heterocycles. The van der Waals surface area contributed by atoms with Gasteiger partial charge < -0.3 is 10.1 Å². The molecule has 0 saturated carbocycles. The molecular formula is C22H29N3O6S2. The molecule has 0 spiro atoms. The van der Waals surface area contributed by atoms with Gasteiger partial charge in [0.1, 0.15) is 0 Å². The Bertz CT molecular complexity index is 1250. The lowest BCUT2D eigenvalue weighted by molar-refractivity contribution is 0.0730. The van der Waals surface area contributed by atoms with E-state index in [0.29, 0.717) is 29.9 Å². The first-order valence-electron chi connectivity index (χ1n) is 10.4. The molecule has 1 amide bonds. The fourth-order valence-corrected chi connectivity index (χ4v) is 6.38. The number of ether oxygens (including phenoxy) is 1. The van der Waals surface area contributed by atoms with E-state index in [1.165, 1.54) is 30.5 Å². The average molecular weight is 496 g/mol. The highest BCUT2D eigenvalue weighted by Gasteiger charge is 2.28. The standard InChI is InChI=1S/C22H29N3O6S2/c1-16-13-19(14-21(17(16)2)32(27,28)24(3)4)22(26)23-15-18-7-5-6-8-20(18)33(29,30)25-9-11-31-12-10-25/h5-8,13-14H,9-12,15H2,1-4H3,(H,23,26). The number of carbonyl (C=O) groups excluding carboxylic acids is 1. The molecule has 1 heterocycles. The van der Waals surface area contributed by atoms with E-state index in [-0.39, 0.29) is 35.0 Å². The van der Waals surface area contributed by atoms with Crippen molar-refractivity contribution in [2.75, 3.05) is 40.4 Å². The van der Waals surface area contributed by atoms with Gasteiger partial charge in [-0.15, -0.1) is 0 Å². The number of nitrogens with one attached hydrogen (secondary N) is 1. The Hall–Kier alpha value is -2.31. The Morgan fingerprint density at radius 1 is 1.03 bits per heavy atom. The molecule has 1 N–H and O–H groups in total. The van der Waals surface area contributed by atoms with E-state index in [9.17, 15) is 21.6 Å². The predicted octanol–water partition coefficient (Wildman–Crippen LogP) is 1.50. The van der Waals surface area contributed by atoms with Crippen LogP contribution in [0.25, 0.3) is 0 Å². The maximum Gasteiger partial charge on any atom is 0.251 e. The number of amides is 1. The van der Waals surface area contributed by atoms with Gasteiger partial charge in [0.05, 0.1) is 23.0 Å². The fraction of sp³-hybridized carbons (Fsp3) is 0.409. The summed E-state index contributed by atoms with van der Waals surface area (Å²) in [5, 5.41) is 2.73. The number of sulfonamides is 2. The quantitative estimate of drug-likeness (QED) is 0.623. The van der Waals surface area contributed by atoms with Crippen molar-refractivity contribution in [3.63, 3.8) is 0 Å². The lowest BCUT2D eigenvalue weighted by Crippen LogP contribution is -2.41. The molecule has 11 heteroatoms. The lowest BCUT2D eigenvalue weighted by atomic mass is 10.1. The van der Waals surface area contributed by atoms with E-state index in [4.69, 9.17) is 4.74 Å². The number of hydrogen-bond acceptors (Lipinski definition) is 6. The summed E-state index contributed by atoms with van der Waals surface area (Å²) in [6, 6.07) is 9.48. The molecule has 1 aliphatic heterocycles. The molecule has 0 aliphatic carbocycles. The zero-order valence-corrected chi connectivity index (χ0v) is 20.8. The monoisotopic (exact) mass is 495 g/mol. The summed E-state index contributed by atoms with van der Waals surface area (Å²) < 4.78 is 59.3. The number of nitrogens with zero attached hydrogens (tertiary/aromatic N) is 2. The summed E-state index contributed by atoms with van der Waals surface area (Å²) in [4.78, 5) is 13.1. The molecule has 1 saturated heterocycles. The van der Waals surface area contributed by atoms with Crippen LogP contribution in [0, 0.1) is 13.8 Å². The molecule has 3 rings (SSSR count). The van der Waals surface area contributed by atoms with Crippen LogP contribution in [0.1, 0.15) is 27.0 Å². The molecule has 1 fully saturated rings. The van der Waals surface area contributed by atoms with Gasteiger partial charge in [0.15, 0.2) is 0 Å². The van der Waals surface area contributed by atoms with Crippen molar-refractivity contribution in [3.8, 4) is 0 Å². The molecular weight excluding hydrogens is 466 g/mol. The summed E-state index contributed by atoms with van der Waals surface area (Å²) in [7, 11) is -4.60.